The van der Waals surface area contributed by atoms with Gasteiger partial charge in [0.25, 0.3) is 5.56 Å². The highest BCUT2D eigenvalue weighted by molar-refractivity contribution is 5.30. The number of hydrogen-bond donors (Lipinski definition) is 0. The summed E-state index contributed by atoms with van der Waals surface area (Å²) in [5.41, 5.74) is 2.18. The smallest absolute Gasteiger partial charge is 0.266 e. The Morgan fingerprint density at radius 3 is 2.46 bits per heavy atom. The lowest BCUT2D eigenvalue weighted by atomic mass is 9.97. The van der Waals surface area contributed by atoms with Gasteiger partial charge in [0.2, 0.25) is 5.95 Å². The van der Waals surface area contributed by atoms with Crippen molar-refractivity contribution in [2.24, 2.45) is 5.92 Å². The van der Waals surface area contributed by atoms with Gasteiger partial charge in [-0.2, -0.15) is 5.10 Å². The van der Waals surface area contributed by atoms with Gasteiger partial charge in [0.1, 0.15) is 0 Å². The molecule has 2 aromatic rings. The highest BCUT2D eigenvalue weighted by Gasteiger charge is 2.26. The first-order valence-corrected chi connectivity index (χ1v) is 8.81. The molecule has 0 spiro atoms. The molecule has 1 saturated carbocycles. The monoisotopic (exact) mass is 325 g/mol. The lowest BCUT2D eigenvalue weighted by molar-refractivity contribution is 0.332. The van der Waals surface area contributed by atoms with Crippen LogP contribution in [0.15, 0.2) is 29.3 Å². The fourth-order valence-electron chi connectivity index (χ4n) is 3.30. The Morgan fingerprint density at radius 2 is 1.79 bits per heavy atom. The first kappa shape index (κ1) is 15.3. The molecule has 3 heterocycles. The minimum atomic E-state index is 0.0173. The largest absolute Gasteiger partial charge is 0.341 e. The van der Waals surface area contributed by atoms with E-state index in [1.54, 1.807) is 10.7 Å². The molecule has 0 bridgehead atoms. The van der Waals surface area contributed by atoms with Crippen LogP contribution in [0, 0.1) is 12.8 Å². The molecule has 0 atom stereocenters. The number of piperidine rings is 1. The van der Waals surface area contributed by atoms with Crippen LogP contribution in [0.5, 0.6) is 0 Å². The van der Waals surface area contributed by atoms with E-state index < -0.39 is 0 Å². The second-order valence-corrected chi connectivity index (χ2v) is 7.04. The Morgan fingerprint density at radius 1 is 1.08 bits per heavy atom. The average Bonchev–Trinajstić information content (AvgIpc) is 3.43. The van der Waals surface area contributed by atoms with Crippen LogP contribution in [0.25, 0.3) is 0 Å². The summed E-state index contributed by atoms with van der Waals surface area (Å²) < 4.78 is 1.68. The van der Waals surface area contributed by atoms with Crippen molar-refractivity contribution in [2.75, 3.05) is 18.0 Å². The number of aryl methyl sites for hydroxylation is 1. The third kappa shape index (κ3) is 3.32. The van der Waals surface area contributed by atoms with E-state index in [1.807, 2.05) is 25.4 Å². The summed E-state index contributed by atoms with van der Waals surface area (Å²) in [4.78, 5) is 23.1. The molecule has 2 fully saturated rings. The zero-order valence-corrected chi connectivity index (χ0v) is 14.1. The molecule has 2 aliphatic rings. The van der Waals surface area contributed by atoms with Gasteiger partial charge >= 0.3 is 0 Å². The molecule has 1 saturated heterocycles. The van der Waals surface area contributed by atoms with E-state index in [-0.39, 0.29) is 5.56 Å². The molecule has 0 unspecified atom stereocenters. The fraction of sp³-hybridized carbons (Fsp3) is 0.556. The molecule has 0 aromatic carbocycles. The van der Waals surface area contributed by atoms with Gasteiger partial charge < -0.3 is 4.90 Å². The van der Waals surface area contributed by atoms with E-state index in [0.717, 1.165) is 49.7 Å². The Hall–Kier alpha value is -2.24. The van der Waals surface area contributed by atoms with Gasteiger partial charge in [0, 0.05) is 44.0 Å². The van der Waals surface area contributed by atoms with Crippen molar-refractivity contribution >= 4 is 5.95 Å². The van der Waals surface area contributed by atoms with Crippen molar-refractivity contribution in [3.63, 3.8) is 0 Å². The van der Waals surface area contributed by atoms with E-state index in [4.69, 9.17) is 0 Å². The van der Waals surface area contributed by atoms with Gasteiger partial charge in [-0.15, -0.1) is 0 Å². The summed E-state index contributed by atoms with van der Waals surface area (Å²) in [6.45, 7) is 4.59. The highest BCUT2D eigenvalue weighted by atomic mass is 16.1. The van der Waals surface area contributed by atoms with Crippen molar-refractivity contribution in [2.45, 2.75) is 45.1 Å². The predicted molar refractivity (Wildman–Crippen MR) is 92.2 cm³/mol. The molecular weight excluding hydrogens is 302 g/mol. The van der Waals surface area contributed by atoms with Crippen LogP contribution in [0.4, 0.5) is 5.95 Å². The van der Waals surface area contributed by atoms with Crippen molar-refractivity contribution < 1.29 is 0 Å². The summed E-state index contributed by atoms with van der Waals surface area (Å²) in [5.74, 6) is 1.88. The van der Waals surface area contributed by atoms with Gasteiger partial charge in [-0.1, -0.05) is 0 Å². The van der Waals surface area contributed by atoms with E-state index in [9.17, 15) is 4.79 Å². The maximum atomic E-state index is 12.1. The zero-order valence-electron chi connectivity index (χ0n) is 14.1. The van der Waals surface area contributed by atoms with Crippen LogP contribution in [0.2, 0.25) is 0 Å². The Labute approximate surface area is 141 Å². The summed E-state index contributed by atoms with van der Waals surface area (Å²) in [7, 11) is 0. The molecule has 0 radical (unpaired) electrons. The van der Waals surface area contributed by atoms with Crippen molar-refractivity contribution in [1.29, 1.82) is 0 Å². The second-order valence-electron chi connectivity index (χ2n) is 7.04. The molecule has 4 rings (SSSR count). The Balaban J connectivity index is 1.38. The summed E-state index contributed by atoms with van der Waals surface area (Å²) in [6.07, 6.45) is 8.22. The minimum Gasteiger partial charge on any atom is -0.341 e. The molecule has 1 aliphatic heterocycles. The molecule has 126 valence electrons. The molecule has 24 heavy (non-hydrogen) atoms. The molecule has 6 heteroatoms. The van der Waals surface area contributed by atoms with Gasteiger partial charge in [-0.05, 0) is 50.2 Å². The fourth-order valence-corrected chi connectivity index (χ4v) is 3.30. The van der Waals surface area contributed by atoms with Gasteiger partial charge in [0.15, 0.2) is 0 Å². The summed E-state index contributed by atoms with van der Waals surface area (Å²) in [6, 6.07) is 3.57. The number of aromatic nitrogens is 4. The average molecular weight is 325 g/mol. The standard InChI is InChI=1S/C18H23N5O/c1-13-10-19-18(20-11-13)22-8-6-14(7-9-22)12-23-17(24)5-4-16(21-23)15-2-3-15/h4-5,10-11,14-15H,2-3,6-9,12H2,1H3. The van der Waals surface area contributed by atoms with E-state index in [0.29, 0.717) is 11.8 Å². The molecule has 0 N–H and O–H groups in total. The van der Waals surface area contributed by atoms with Crippen molar-refractivity contribution in [3.05, 3.63) is 46.1 Å². The Kier molecular flexibility index (Phi) is 4.04. The minimum absolute atomic E-state index is 0.0173. The normalized spacial score (nSPS) is 18.8. The number of rotatable bonds is 4. The maximum Gasteiger partial charge on any atom is 0.266 e. The van der Waals surface area contributed by atoms with Crippen LogP contribution in [0.3, 0.4) is 0 Å². The third-order valence-corrected chi connectivity index (χ3v) is 4.98. The molecule has 0 amide bonds. The van der Waals surface area contributed by atoms with Gasteiger partial charge in [-0.25, -0.2) is 14.6 Å². The molecular formula is C18H23N5O. The van der Waals surface area contributed by atoms with Crippen LogP contribution in [-0.2, 0) is 6.54 Å². The molecule has 2 aromatic heterocycles. The third-order valence-electron chi connectivity index (χ3n) is 4.98. The topological polar surface area (TPSA) is 63.9 Å². The van der Waals surface area contributed by atoms with Crippen molar-refractivity contribution in [3.8, 4) is 0 Å². The maximum absolute atomic E-state index is 12.1. The SMILES string of the molecule is Cc1cnc(N2CCC(Cn3nc(C4CC4)ccc3=O)CC2)nc1. The first-order chi connectivity index (χ1) is 11.7. The van der Waals surface area contributed by atoms with E-state index >= 15 is 0 Å². The van der Waals surface area contributed by atoms with Crippen LogP contribution < -0.4 is 10.5 Å². The second kappa shape index (κ2) is 6.34. The predicted octanol–water partition coefficient (Wildman–Crippen LogP) is 2.14. The lowest BCUT2D eigenvalue weighted by Gasteiger charge is -2.32. The number of hydrogen-bond acceptors (Lipinski definition) is 5. The summed E-state index contributed by atoms with van der Waals surface area (Å²) in [5, 5.41) is 4.58. The lowest BCUT2D eigenvalue weighted by Crippen LogP contribution is -2.37. The van der Waals surface area contributed by atoms with Gasteiger partial charge in [-0.3, -0.25) is 4.79 Å². The first-order valence-electron chi connectivity index (χ1n) is 8.81. The zero-order chi connectivity index (χ0) is 16.5. The van der Waals surface area contributed by atoms with Crippen LogP contribution in [-0.4, -0.2) is 32.8 Å². The van der Waals surface area contributed by atoms with E-state index in [2.05, 4.69) is 20.0 Å². The summed E-state index contributed by atoms with van der Waals surface area (Å²) >= 11 is 0. The van der Waals surface area contributed by atoms with E-state index in [1.165, 1.54) is 12.8 Å². The van der Waals surface area contributed by atoms with Crippen LogP contribution >= 0.6 is 0 Å². The highest BCUT2D eigenvalue weighted by Crippen LogP contribution is 2.38. The van der Waals surface area contributed by atoms with Crippen molar-refractivity contribution in [1.82, 2.24) is 19.7 Å². The van der Waals surface area contributed by atoms with Gasteiger partial charge in [0.05, 0.1) is 5.69 Å². The van der Waals surface area contributed by atoms with Crippen LogP contribution in [0.1, 0.15) is 42.9 Å². The molecule has 6 nitrogen and oxygen atoms in total. The molecule has 1 aliphatic carbocycles. The quantitative estimate of drug-likeness (QED) is 0.862. The Bertz CT molecular complexity index is 758. The number of anilines is 1. The number of nitrogens with zero attached hydrogens (tertiary/aromatic N) is 5.